The van der Waals surface area contributed by atoms with E-state index in [4.69, 9.17) is 0 Å². The number of aromatic nitrogens is 2. The highest BCUT2D eigenvalue weighted by atomic mass is 16.3. The van der Waals surface area contributed by atoms with E-state index in [-0.39, 0.29) is 0 Å². The van der Waals surface area contributed by atoms with Crippen molar-refractivity contribution in [1.29, 1.82) is 0 Å². The highest BCUT2D eigenvalue weighted by Gasteiger charge is 2.13. The van der Waals surface area contributed by atoms with Crippen molar-refractivity contribution in [2.45, 2.75) is 45.3 Å². The van der Waals surface area contributed by atoms with E-state index >= 15 is 0 Å². The summed E-state index contributed by atoms with van der Waals surface area (Å²) in [6.45, 7) is 3.05. The van der Waals surface area contributed by atoms with E-state index in [1.807, 2.05) is 16.8 Å². The van der Waals surface area contributed by atoms with Crippen molar-refractivity contribution in [2.24, 2.45) is 0 Å². The maximum absolute atomic E-state index is 10.2. The number of aliphatic hydroxyl groups is 1. The van der Waals surface area contributed by atoms with Gasteiger partial charge in [-0.05, 0) is 31.2 Å². The molecule has 1 heterocycles. The average molecular weight is 258 g/mol. The summed E-state index contributed by atoms with van der Waals surface area (Å²) in [6, 6.07) is 10.4. The Balaban J connectivity index is 1.84. The molecule has 0 aliphatic heterocycles. The van der Waals surface area contributed by atoms with E-state index in [2.05, 4.69) is 36.2 Å². The Bertz CT molecular complexity index is 479. The number of imidazole rings is 1. The van der Waals surface area contributed by atoms with E-state index in [1.54, 1.807) is 6.20 Å². The Labute approximate surface area is 114 Å². The number of benzene rings is 1. The van der Waals surface area contributed by atoms with Crippen LogP contribution < -0.4 is 0 Å². The Kier molecular flexibility index (Phi) is 5.16. The number of hydrogen-bond acceptors (Lipinski definition) is 2. The summed E-state index contributed by atoms with van der Waals surface area (Å²) in [5.74, 6) is 0.801. The maximum atomic E-state index is 10.2. The zero-order valence-electron chi connectivity index (χ0n) is 11.5. The third kappa shape index (κ3) is 3.93. The van der Waals surface area contributed by atoms with Gasteiger partial charge in [0.1, 0.15) is 11.9 Å². The molecular formula is C16H22N2O. The molecule has 0 spiro atoms. The van der Waals surface area contributed by atoms with Gasteiger partial charge >= 0.3 is 0 Å². The van der Waals surface area contributed by atoms with Gasteiger partial charge in [0.15, 0.2) is 0 Å². The Morgan fingerprint density at radius 3 is 2.79 bits per heavy atom. The molecule has 1 aromatic heterocycles. The number of hydrogen-bond donors (Lipinski definition) is 1. The van der Waals surface area contributed by atoms with Crippen molar-refractivity contribution < 1.29 is 5.11 Å². The predicted octanol–water partition coefficient (Wildman–Crippen LogP) is 3.35. The van der Waals surface area contributed by atoms with Crippen LogP contribution in [0.4, 0.5) is 0 Å². The van der Waals surface area contributed by atoms with Gasteiger partial charge in [0, 0.05) is 18.9 Å². The van der Waals surface area contributed by atoms with Gasteiger partial charge < -0.3 is 9.67 Å². The molecule has 19 heavy (non-hydrogen) atoms. The van der Waals surface area contributed by atoms with Crippen LogP contribution in [-0.2, 0) is 13.0 Å². The van der Waals surface area contributed by atoms with Gasteiger partial charge in [-0.25, -0.2) is 4.98 Å². The Morgan fingerprint density at radius 2 is 2.05 bits per heavy atom. The minimum Gasteiger partial charge on any atom is -0.385 e. The summed E-state index contributed by atoms with van der Waals surface area (Å²) in [7, 11) is 0. The number of aryl methyl sites for hydroxylation is 2. The third-order valence-electron chi connectivity index (χ3n) is 3.30. The van der Waals surface area contributed by atoms with Gasteiger partial charge in [-0.2, -0.15) is 0 Å². The first kappa shape index (κ1) is 13.8. The topological polar surface area (TPSA) is 38.0 Å². The first-order chi connectivity index (χ1) is 9.31. The van der Waals surface area contributed by atoms with Crippen molar-refractivity contribution in [3.8, 4) is 0 Å². The third-order valence-corrected chi connectivity index (χ3v) is 3.30. The fraction of sp³-hybridized carbons (Fsp3) is 0.438. The van der Waals surface area contributed by atoms with Crippen molar-refractivity contribution in [3.63, 3.8) is 0 Å². The Morgan fingerprint density at radius 1 is 1.26 bits per heavy atom. The molecule has 2 aromatic rings. The molecule has 2 rings (SSSR count). The molecule has 0 bridgehead atoms. The second-order valence-corrected chi connectivity index (χ2v) is 4.87. The minimum absolute atomic E-state index is 0.453. The van der Waals surface area contributed by atoms with Crippen LogP contribution in [-0.4, -0.2) is 14.7 Å². The van der Waals surface area contributed by atoms with Crippen molar-refractivity contribution in [3.05, 3.63) is 54.1 Å². The summed E-state index contributed by atoms with van der Waals surface area (Å²) >= 11 is 0. The predicted molar refractivity (Wildman–Crippen MR) is 76.9 cm³/mol. The molecule has 0 amide bonds. The molecule has 0 fully saturated rings. The van der Waals surface area contributed by atoms with Crippen LogP contribution in [0.25, 0.3) is 0 Å². The molecule has 0 aliphatic carbocycles. The zero-order chi connectivity index (χ0) is 13.5. The quantitative estimate of drug-likeness (QED) is 0.827. The van der Waals surface area contributed by atoms with Crippen LogP contribution in [0.15, 0.2) is 42.7 Å². The molecular weight excluding hydrogens is 236 g/mol. The largest absolute Gasteiger partial charge is 0.385 e. The van der Waals surface area contributed by atoms with Gasteiger partial charge in [0.05, 0.1) is 0 Å². The normalized spacial score (nSPS) is 12.5. The lowest BCUT2D eigenvalue weighted by atomic mass is 10.1. The van der Waals surface area contributed by atoms with Crippen LogP contribution in [0.1, 0.15) is 43.7 Å². The standard InChI is InChI=1S/C16H22N2O/c1-2-12-18-13-11-17-16(18)15(19)10-6-9-14-7-4-3-5-8-14/h3-5,7-8,11,13,15,19H,2,6,9-10,12H2,1H3. The zero-order valence-corrected chi connectivity index (χ0v) is 11.5. The fourth-order valence-electron chi connectivity index (χ4n) is 2.32. The van der Waals surface area contributed by atoms with Gasteiger partial charge in [0.2, 0.25) is 0 Å². The number of aliphatic hydroxyl groups excluding tert-OH is 1. The molecule has 3 nitrogen and oxygen atoms in total. The smallest absolute Gasteiger partial charge is 0.137 e. The average Bonchev–Trinajstić information content (AvgIpc) is 2.89. The highest BCUT2D eigenvalue weighted by molar-refractivity contribution is 5.14. The minimum atomic E-state index is -0.453. The summed E-state index contributed by atoms with van der Waals surface area (Å²) in [4.78, 5) is 4.27. The van der Waals surface area contributed by atoms with E-state index < -0.39 is 6.10 Å². The summed E-state index contributed by atoms with van der Waals surface area (Å²) in [5.41, 5.74) is 1.33. The summed E-state index contributed by atoms with van der Waals surface area (Å²) < 4.78 is 2.05. The van der Waals surface area contributed by atoms with Crippen LogP contribution in [0, 0.1) is 0 Å². The molecule has 3 heteroatoms. The molecule has 0 aliphatic rings. The number of rotatable bonds is 7. The van der Waals surface area contributed by atoms with Crippen LogP contribution in [0.2, 0.25) is 0 Å². The lowest BCUT2D eigenvalue weighted by Gasteiger charge is -2.12. The highest BCUT2D eigenvalue weighted by Crippen LogP contribution is 2.18. The molecule has 0 radical (unpaired) electrons. The van der Waals surface area contributed by atoms with Crippen molar-refractivity contribution in [1.82, 2.24) is 9.55 Å². The van der Waals surface area contributed by atoms with Crippen LogP contribution >= 0.6 is 0 Å². The monoisotopic (exact) mass is 258 g/mol. The van der Waals surface area contributed by atoms with Gasteiger partial charge in [-0.3, -0.25) is 0 Å². The van der Waals surface area contributed by atoms with Crippen molar-refractivity contribution >= 4 is 0 Å². The molecule has 0 saturated heterocycles. The van der Waals surface area contributed by atoms with Crippen LogP contribution in [0.3, 0.4) is 0 Å². The first-order valence-electron chi connectivity index (χ1n) is 7.04. The van der Waals surface area contributed by atoms with Crippen LogP contribution in [0.5, 0.6) is 0 Å². The van der Waals surface area contributed by atoms with Crippen molar-refractivity contribution in [2.75, 3.05) is 0 Å². The van der Waals surface area contributed by atoms with E-state index in [9.17, 15) is 5.11 Å². The van der Waals surface area contributed by atoms with Gasteiger partial charge in [-0.15, -0.1) is 0 Å². The molecule has 1 aromatic carbocycles. The molecule has 1 N–H and O–H groups in total. The van der Waals surface area contributed by atoms with E-state index in [0.29, 0.717) is 0 Å². The number of nitrogens with zero attached hydrogens (tertiary/aromatic N) is 2. The molecule has 102 valence electrons. The fourth-order valence-corrected chi connectivity index (χ4v) is 2.32. The SMILES string of the molecule is CCCn1ccnc1C(O)CCCc1ccccc1. The second-order valence-electron chi connectivity index (χ2n) is 4.87. The first-order valence-corrected chi connectivity index (χ1v) is 7.04. The molecule has 1 atom stereocenters. The molecule has 1 unspecified atom stereocenters. The Hall–Kier alpha value is -1.61. The summed E-state index contributed by atoms with van der Waals surface area (Å²) in [6.07, 6.45) is 7.06. The van der Waals surface area contributed by atoms with Gasteiger partial charge in [-0.1, -0.05) is 37.3 Å². The summed E-state index contributed by atoms with van der Waals surface area (Å²) in [5, 5.41) is 10.2. The lowest BCUT2D eigenvalue weighted by molar-refractivity contribution is 0.150. The van der Waals surface area contributed by atoms with E-state index in [1.165, 1.54) is 5.56 Å². The van der Waals surface area contributed by atoms with Gasteiger partial charge in [0.25, 0.3) is 0 Å². The second kappa shape index (κ2) is 7.10. The maximum Gasteiger partial charge on any atom is 0.137 e. The molecule has 0 saturated carbocycles. The lowest BCUT2D eigenvalue weighted by Crippen LogP contribution is -2.08. The van der Waals surface area contributed by atoms with E-state index in [0.717, 1.165) is 38.1 Å².